The van der Waals surface area contributed by atoms with Crippen LogP contribution in [0, 0.1) is 18.3 Å². The van der Waals surface area contributed by atoms with Gasteiger partial charge in [-0.05, 0) is 75.9 Å². The molecule has 2 bridgehead atoms. The van der Waals surface area contributed by atoms with Crippen LogP contribution < -0.4 is 15.5 Å². The van der Waals surface area contributed by atoms with Crippen LogP contribution in [-0.4, -0.2) is 108 Å². The molecule has 6 rings (SSSR count). The number of likely N-dealkylation sites (N-methyl/N-ethyl adjacent to an activating group) is 1. The number of pyridine rings is 1. The van der Waals surface area contributed by atoms with Crippen LogP contribution in [0.5, 0.6) is 0 Å². The van der Waals surface area contributed by atoms with Crippen LogP contribution in [0.15, 0.2) is 45.6 Å². The summed E-state index contributed by atoms with van der Waals surface area (Å²) in [5, 5.41) is 14.5. The van der Waals surface area contributed by atoms with Crippen molar-refractivity contribution >= 4 is 50.4 Å². The van der Waals surface area contributed by atoms with Crippen LogP contribution in [0.2, 0.25) is 0 Å². The number of fused-ring (bicyclic) bond motifs is 5. The molecule has 13 heteroatoms. The third kappa shape index (κ3) is 7.52. The number of aliphatic imine (C=N–C) groups is 1. The average molecular weight is 662 g/mol. The fourth-order valence-corrected chi connectivity index (χ4v) is 9.01. The molecule has 1 aromatic heterocycles. The fraction of sp³-hybridized carbons (Fsp3) is 0.529. The largest absolute Gasteiger partial charge is 0.479 e. The van der Waals surface area contributed by atoms with Crippen molar-refractivity contribution in [1.29, 1.82) is 5.41 Å². The quantitative estimate of drug-likeness (QED) is 0.409. The molecule has 5 heterocycles. The molecule has 1 atom stereocenters. The summed E-state index contributed by atoms with van der Waals surface area (Å²) in [5.41, 5.74) is 4.34. The smallest absolute Gasteiger partial charge is 0.280 e. The van der Waals surface area contributed by atoms with Gasteiger partial charge in [0.15, 0.2) is 5.88 Å². The van der Waals surface area contributed by atoms with E-state index in [1.807, 2.05) is 30.0 Å². The monoisotopic (exact) mass is 661 g/mol. The number of ether oxygens (including phenoxy) is 1. The number of aryl methyl sites for hydroxylation is 1. The number of allylic oxidation sites excluding steroid dienone is 1. The molecule has 2 saturated heterocycles. The zero-order chi connectivity index (χ0) is 33.1. The van der Waals surface area contributed by atoms with Gasteiger partial charge in [0, 0.05) is 74.8 Å². The molecule has 0 aliphatic carbocycles. The van der Waals surface area contributed by atoms with E-state index in [9.17, 15) is 9.00 Å². The van der Waals surface area contributed by atoms with Gasteiger partial charge in [0.25, 0.3) is 5.91 Å². The van der Waals surface area contributed by atoms with Gasteiger partial charge >= 0.3 is 0 Å². The second-order valence-electron chi connectivity index (χ2n) is 13.1. The first kappa shape index (κ1) is 33.1. The van der Waals surface area contributed by atoms with Gasteiger partial charge in [-0.1, -0.05) is 6.92 Å². The van der Waals surface area contributed by atoms with Crippen LogP contribution in [-0.2, 0) is 14.5 Å². The Balaban J connectivity index is 1.28. The van der Waals surface area contributed by atoms with Crippen molar-refractivity contribution in [3.05, 3.63) is 53.2 Å². The van der Waals surface area contributed by atoms with E-state index >= 15 is 0 Å². The number of anilines is 2. The van der Waals surface area contributed by atoms with Gasteiger partial charge in [0.2, 0.25) is 5.96 Å². The number of rotatable bonds is 4. The lowest BCUT2D eigenvalue weighted by Crippen LogP contribution is -2.51. The molecule has 0 unspecified atom stereocenters. The zero-order valence-electron chi connectivity index (χ0n) is 27.9. The van der Waals surface area contributed by atoms with Gasteiger partial charge < -0.3 is 30.6 Å². The number of nitrogens with one attached hydrogen (secondary N) is 3. The normalized spacial score (nSPS) is 28.8. The molecule has 1 aromatic carbocycles. The van der Waals surface area contributed by atoms with Gasteiger partial charge in [0.05, 0.1) is 44.7 Å². The van der Waals surface area contributed by atoms with E-state index in [0.717, 1.165) is 63.2 Å². The Labute approximate surface area is 278 Å². The molecule has 252 valence electrons. The lowest BCUT2D eigenvalue weighted by atomic mass is 10.1. The van der Waals surface area contributed by atoms with E-state index in [4.69, 9.17) is 14.5 Å². The maximum atomic E-state index is 13.9. The molecule has 4 aliphatic rings. The summed E-state index contributed by atoms with van der Waals surface area (Å²) >= 11 is 0. The van der Waals surface area contributed by atoms with Crippen LogP contribution in [0.1, 0.15) is 54.4 Å². The third-order valence-corrected chi connectivity index (χ3v) is 11.8. The van der Waals surface area contributed by atoms with E-state index in [-0.39, 0.29) is 5.92 Å². The number of carbonyl (C=O) groups excluding carboxylic acids is 1. The third-order valence-electron chi connectivity index (χ3n) is 9.52. The molecule has 0 spiro atoms. The number of piperazine rings is 1. The van der Waals surface area contributed by atoms with Gasteiger partial charge in [-0.25, -0.2) is 4.21 Å². The SMILES string of the molecule is CN/C1=C(\C=N)c2cc(cc(C)n2)C(=O)/N=C2\Nc3ccc(N=S4(=O)CCC(N5CCN(C)CC5)CC4)cc3N2C[C@H](C)CCCO1. The number of aromatic nitrogens is 1. The molecule has 2 aromatic rings. The highest BCUT2D eigenvalue weighted by Gasteiger charge is 2.31. The van der Waals surface area contributed by atoms with Crippen molar-refractivity contribution < 1.29 is 13.7 Å². The minimum absolute atomic E-state index is 0.243. The fourth-order valence-electron chi connectivity index (χ4n) is 6.84. The first-order chi connectivity index (χ1) is 22.6. The van der Waals surface area contributed by atoms with E-state index < -0.39 is 15.6 Å². The number of guanidine groups is 1. The van der Waals surface area contributed by atoms with E-state index in [0.29, 0.717) is 70.8 Å². The molecule has 47 heavy (non-hydrogen) atoms. The minimum Gasteiger partial charge on any atom is -0.479 e. The van der Waals surface area contributed by atoms with Crippen molar-refractivity contribution in [1.82, 2.24) is 20.1 Å². The lowest BCUT2D eigenvalue weighted by Gasteiger charge is -2.40. The Morgan fingerprint density at radius 2 is 1.89 bits per heavy atom. The van der Waals surface area contributed by atoms with Crippen molar-refractivity contribution in [3.8, 4) is 0 Å². The number of nitrogens with zero attached hydrogens (tertiary/aromatic N) is 6. The second kappa shape index (κ2) is 14.1. The van der Waals surface area contributed by atoms with Crippen LogP contribution >= 0.6 is 0 Å². The molecular weight excluding hydrogens is 615 g/mol. The van der Waals surface area contributed by atoms with Crippen molar-refractivity contribution in [2.45, 2.75) is 45.6 Å². The number of hydrogen-bond acceptors (Lipinski definition) is 11. The summed E-state index contributed by atoms with van der Waals surface area (Å²) in [6.45, 7) is 9.41. The molecule has 12 nitrogen and oxygen atoms in total. The van der Waals surface area contributed by atoms with Gasteiger partial charge in [-0.3, -0.25) is 14.7 Å². The van der Waals surface area contributed by atoms with E-state index in [1.54, 1.807) is 19.2 Å². The summed E-state index contributed by atoms with van der Waals surface area (Å²) in [5.74, 6) is 1.95. The predicted octanol–water partition coefficient (Wildman–Crippen LogP) is 4.31. The van der Waals surface area contributed by atoms with Crippen molar-refractivity contribution in [3.63, 3.8) is 0 Å². The maximum Gasteiger partial charge on any atom is 0.280 e. The zero-order valence-corrected chi connectivity index (χ0v) is 28.7. The average Bonchev–Trinajstić information content (AvgIpc) is 3.37. The van der Waals surface area contributed by atoms with Crippen LogP contribution in [0.25, 0.3) is 5.57 Å². The lowest BCUT2D eigenvalue weighted by molar-refractivity contribution is 0.100. The molecular formula is C34H47N9O3S. The Hall–Kier alpha value is -3.81. The van der Waals surface area contributed by atoms with Crippen molar-refractivity contribution in [2.75, 3.05) is 75.1 Å². The minimum atomic E-state index is -2.36. The molecule has 0 radical (unpaired) electrons. The molecule has 4 aliphatic heterocycles. The Morgan fingerprint density at radius 3 is 2.62 bits per heavy atom. The number of hydrogen-bond donors (Lipinski definition) is 3. The molecule has 1 amide bonds. The maximum absolute atomic E-state index is 13.9. The highest BCUT2D eigenvalue weighted by atomic mass is 32.2. The van der Waals surface area contributed by atoms with Gasteiger partial charge in [-0.2, -0.15) is 9.36 Å². The Kier molecular flexibility index (Phi) is 9.95. The van der Waals surface area contributed by atoms with Crippen molar-refractivity contribution in [2.24, 2.45) is 15.3 Å². The Morgan fingerprint density at radius 1 is 1.13 bits per heavy atom. The van der Waals surface area contributed by atoms with Gasteiger partial charge in [-0.15, -0.1) is 0 Å². The summed E-state index contributed by atoms with van der Waals surface area (Å²) in [7, 11) is 1.55. The molecule has 3 N–H and O–H groups in total. The summed E-state index contributed by atoms with van der Waals surface area (Å²) in [4.78, 5) is 29.8. The topological polar surface area (TPSA) is 139 Å². The van der Waals surface area contributed by atoms with E-state index in [2.05, 4.69) is 44.4 Å². The number of benzene rings is 1. The molecule has 0 saturated carbocycles. The first-order valence-electron chi connectivity index (χ1n) is 16.7. The number of carbonyl (C=O) groups is 1. The van der Waals surface area contributed by atoms with Crippen LogP contribution in [0.3, 0.4) is 0 Å². The Bertz CT molecular complexity index is 1690. The van der Waals surface area contributed by atoms with Gasteiger partial charge in [0.1, 0.15) is 0 Å². The number of amides is 1. The summed E-state index contributed by atoms with van der Waals surface area (Å²) in [6.07, 6.45) is 4.69. The van der Waals surface area contributed by atoms with E-state index in [1.165, 1.54) is 6.21 Å². The molecule has 2 fully saturated rings. The first-order valence-corrected chi connectivity index (χ1v) is 18.5. The highest BCUT2D eigenvalue weighted by Crippen LogP contribution is 2.38. The van der Waals surface area contributed by atoms with Crippen LogP contribution in [0.4, 0.5) is 17.1 Å². The second-order valence-corrected chi connectivity index (χ2v) is 15.7. The summed E-state index contributed by atoms with van der Waals surface area (Å²) < 4.78 is 24.9. The standard InChI is InChI=1S/C34H47N9O3S/c1-23-6-5-15-46-33(36-3)28(21-35)30-19-25(18-24(2)37-30)32(44)39-34-38-29-8-7-26(20-31(29)43(34)22-23)40-47(45)16-9-27(10-17-47)42-13-11-41(4)12-14-42/h7-8,18-21,23,27,35-36H,5-6,9-17,22H2,1-4H3,(H,38,39,44)/b33-28-,35-21?/t23-,27?,47?/m1/s1. The highest BCUT2D eigenvalue weighted by molar-refractivity contribution is 7.93. The summed E-state index contributed by atoms with van der Waals surface area (Å²) in [6, 6.07) is 9.67. The predicted molar refractivity (Wildman–Crippen MR) is 189 cm³/mol.